The van der Waals surface area contributed by atoms with Gasteiger partial charge < -0.3 is 19.4 Å². The van der Waals surface area contributed by atoms with E-state index in [4.69, 9.17) is 9.15 Å². The number of ether oxygens (including phenoxy) is 1. The minimum atomic E-state index is -0.486. The minimum absolute atomic E-state index is 0.00872. The van der Waals surface area contributed by atoms with Gasteiger partial charge in [-0.05, 0) is 44.2 Å². The van der Waals surface area contributed by atoms with Crippen LogP contribution in [0.4, 0.5) is 0 Å². The first kappa shape index (κ1) is 18.5. The van der Waals surface area contributed by atoms with Gasteiger partial charge in [-0.25, -0.2) is 4.79 Å². The molecule has 2 unspecified atom stereocenters. The molecule has 0 saturated carbocycles. The van der Waals surface area contributed by atoms with E-state index in [1.807, 2.05) is 12.1 Å². The highest BCUT2D eigenvalue weighted by atomic mass is 16.5. The number of carbonyl (C=O) groups is 3. The molecule has 1 N–H and O–H groups in total. The summed E-state index contributed by atoms with van der Waals surface area (Å²) in [5.41, 5.74) is -0.457. The van der Waals surface area contributed by atoms with Crippen LogP contribution in [0.15, 0.2) is 22.8 Å². The predicted molar refractivity (Wildman–Crippen MR) is 93.1 cm³/mol. The van der Waals surface area contributed by atoms with Crippen molar-refractivity contribution >= 4 is 17.8 Å². The minimum Gasteiger partial charge on any atom is -0.469 e. The molecule has 0 bridgehead atoms. The van der Waals surface area contributed by atoms with Crippen molar-refractivity contribution in [1.29, 1.82) is 0 Å². The predicted octanol–water partition coefficient (Wildman–Crippen LogP) is 1.81. The lowest BCUT2D eigenvalue weighted by atomic mass is 9.86. The number of piperidine rings is 1. The lowest BCUT2D eigenvalue weighted by Gasteiger charge is -2.35. The van der Waals surface area contributed by atoms with Crippen LogP contribution in [0.3, 0.4) is 0 Å². The molecular weight excluding hydrogens is 336 g/mol. The zero-order chi connectivity index (χ0) is 18.6. The van der Waals surface area contributed by atoms with Crippen molar-refractivity contribution in [1.82, 2.24) is 10.2 Å². The molecule has 7 nitrogen and oxygen atoms in total. The molecule has 0 aromatic carbocycles. The molecule has 0 aliphatic carbocycles. The second-order valence-corrected chi connectivity index (χ2v) is 7.21. The molecule has 142 valence electrons. The molecule has 3 heterocycles. The number of esters is 1. The summed E-state index contributed by atoms with van der Waals surface area (Å²) >= 11 is 0. The molecular formula is C19H26N2O5. The number of carbonyl (C=O) groups excluding carboxylic acids is 3. The van der Waals surface area contributed by atoms with Crippen LogP contribution in [0.5, 0.6) is 0 Å². The summed E-state index contributed by atoms with van der Waals surface area (Å²) in [6.07, 6.45) is 6.60. The third kappa shape index (κ3) is 4.08. The Balaban J connectivity index is 1.65. The summed E-state index contributed by atoms with van der Waals surface area (Å²) in [5.74, 6) is 0.400. The van der Waals surface area contributed by atoms with Crippen LogP contribution in [0.2, 0.25) is 0 Å². The molecule has 2 aliphatic heterocycles. The average Bonchev–Trinajstić information content (AvgIpc) is 3.29. The van der Waals surface area contributed by atoms with Crippen molar-refractivity contribution in [2.75, 3.05) is 13.7 Å². The highest BCUT2D eigenvalue weighted by Crippen LogP contribution is 2.30. The van der Waals surface area contributed by atoms with Gasteiger partial charge in [-0.3, -0.25) is 9.59 Å². The van der Waals surface area contributed by atoms with Gasteiger partial charge in [-0.1, -0.05) is 0 Å². The molecule has 7 heteroatoms. The summed E-state index contributed by atoms with van der Waals surface area (Å²) in [6, 6.07) is 3.21. The fourth-order valence-corrected chi connectivity index (χ4v) is 4.03. The molecule has 2 amide bonds. The van der Waals surface area contributed by atoms with Crippen molar-refractivity contribution in [3.63, 3.8) is 0 Å². The third-order valence-electron chi connectivity index (χ3n) is 5.44. The Morgan fingerprint density at radius 1 is 1.42 bits per heavy atom. The van der Waals surface area contributed by atoms with E-state index >= 15 is 0 Å². The van der Waals surface area contributed by atoms with Crippen LogP contribution >= 0.6 is 0 Å². The highest BCUT2D eigenvalue weighted by molar-refractivity contribution is 5.85. The third-order valence-corrected chi connectivity index (χ3v) is 5.44. The molecule has 0 spiro atoms. The van der Waals surface area contributed by atoms with Crippen LogP contribution in [0, 0.1) is 0 Å². The normalized spacial score (nSPS) is 25.8. The number of nitrogens with one attached hydrogen (secondary N) is 1. The largest absolute Gasteiger partial charge is 0.469 e. The van der Waals surface area contributed by atoms with E-state index in [-0.39, 0.29) is 24.2 Å². The smallest absolute Gasteiger partial charge is 0.328 e. The van der Waals surface area contributed by atoms with Gasteiger partial charge in [0.25, 0.3) is 0 Å². The number of furan rings is 1. The first-order valence-electron chi connectivity index (χ1n) is 9.24. The van der Waals surface area contributed by atoms with Crippen LogP contribution in [0.25, 0.3) is 0 Å². The molecule has 26 heavy (non-hydrogen) atoms. The number of hydrogen-bond acceptors (Lipinski definition) is 5. The summed E-state index contributed by atoms with van der Waals surface area (Å²) in [4.78, 5) is 38.2. The summed E-state index contributed by atoms with van der Waals surface area (Å²) in [6.45, 7) is 0.580. The Kier molecular flexibility index (Phi) is 5.64. The maximum Gasteiger partial charge on any atom is 0.328 e. The molecule has 2 aliphatic rings. The number of amides is 2. The molecule has 0 radical (unpaired) electrons. The lowest BCUT2D eigenvalue weighted by Crippen LogP contribution is -2.50. The van der Waals surface area contributed by atoms with Crippen molar-refractivity contribution in [3.05, 3.63) is 24.2 Å². The van der Waals surface area contributed by atoms with Crippen LogP contribution in [-0.2, 0) is 25.5 Å². The Labute approximate surface area is 153 Å². The number of hydrogen-bond donors (Lipinski definition) is 1. The summed E-state index contributed by atoms with van der Waals surface area (Å²) in [5, 5.41) is 3.05. The fourth-order valence-electron chi connectivity index (χ4n) is 4.03. The summed E-state index contributed by atoms with van der Waals surface area (Å²) in [7, 11) is 1.35. The van der Waals surface area contributed by atoms with E-state index in [0.717, 1.165) is 18.6 Å². The Hall–Kier alpha value is -2.31. The number of nitrogens with zero attached hydrogens (tertiary/aromatic N) is 1. The Morgan fingerprint density at radius 2 is 2.27 bits per heavy atom. The molecule has 1 aromatic rings. The zero-order valence-corrected chi connectivity index (χ0v) is 15.2. The van der Waals surface area contributed by atoms with E-state index in [0.29, 0.717) is 38.6 Å². The number of likely N-dealkylation sites (tertiary alicyclic amines) is 1. The molecule has 2 fully saturated rings. The van der Waals surface area contributed by atoms with Gasteiger partial charge in [0, 0.05) is 31.3 Å². The van der Waals surface area contributed by atoms with E-state index in [9.17, 15) is 14.4 Å². The fraction of sp³-hybridized carbons (Fsp3) is 0.632. The molecule has 3 rings (SSSR count). The van der Waals surface area contributed by atoms with E-state index in [1.165, 1.54) is 7.11 Å². The molecule has 2 atom stereocenters. The first-order chi connectivity index (χ1) is 12.5. The topological polar surface area (TPSA) is 88.8 Å². The van der Waals surface area contributed by atoms with Crippen molar-refractivity contribution in [3.8, 4) is 0 Å². The van der Waals surface area contributed by atoms with Gasteiger partial charge in [0.2, 0.25) is 11.8 Å². The van der Waals surface area contributed by atoms with Gasteiger partial charge in [0.15, 0.2) is 0 Å². The Bertz CT molecular complexity index is 657. The van der Waals surface area contributed by atoms with E-state index in [2.05, 4.69) is 5.32 Å². The van der Waals surface area contributed by atoms with Gasteiger partial charge in [0.1, 0.15) is 11.8 Å². The Morgan fingerprint density at radius 3 is 2.92 bits per heavy atom. The molecule has 2 saturated heterocycles. The van der Waals surface area contributed by atoms with Crippen LogP contribution in [0.1, 0.15) is 50.7 Å². The SMILES string of the molecule is COC(=O)C1CCCCN1C(=O)CCC1(Cc2ccco2)CCC(=O)N1. The van der Waals surface area contributed by atoms with E-state index in [1.54, 1.807) is 11.2 Å². The van der Waals surface area contributed by atoms with Crippen LogP contribution in [-0.4, -0.2) is 47.9 Å². The van der Waals surface area contributed by atoms with Gasteiger partial charge in [-0.15, -0.1) is 0 Å². The maximum atomic E-state index is 12.8. The first-order valence-corrected chi connectivity index (χ1v) is 9.24. The molecule has 1 aromatic heterocycles. The van der Waals surface area contributed by atoms with Crippen LogP contribution < -0.4 is 5.32 Å². The quantitative estimate of drug-likeness (QED) is 0.780. The van der Waals surface area contributed by atoms with Crippen molar-refractivity contribution in [2.45, 2.75) is 62.9 Å². The van der Waals surface area contributed by atoms with Crippen molar-refractivity contribution in [2.24, 2.45) is 0 Å². The van der Waals surface area contributed by atoms with Gasteiger partial charge in [0.05, 0.1) is 13.4 Å². The maximum absolute atomic E-state index is 12.8. The lowest BCUT2D eigenvalue weighted by molar-refractivity contribution is -0.154. The number of methoxy groups -OCH3 is 1. The zero-order valence-electron chi connectivity index (χ0n) is 15.2. The van der Waals surface area contributed by atoms with Crippen molar-refractivity contribution < 1.29 is 23.5 Å². The standard InChI is InChI=1S/C19H26N2O5/c1-25-18(24)15-6-2-3-11-21(15)17(23)8-10-19(9-7-16(22)20-19)13-14-5-4-12-26-14/h4-5,12,15H,2-3,6-11,13H2,1H3,(H,20,22). The number of rotatable bonds is 6. The summed E-state index contributed by atoms with van der Waals surface area (Å²) < 4.78 is 10.3. The van der Waals surface area contributed by atoms with Gasteiger partial charge >= 0.3 is 5.97 Å². The second kappa shape index (κ2) is 7.93. The van der Waals surface area contributed by atoms with E-state index < -0.39 is 11.6 Å². The highest BCUT2D eigenvalue weighted by Gasteiger charge is 2.40. The monoisotopic (exact) mass is 362 g/mol. The van der Waals surface area contributed by atoms with Gasteiger partial charge in [-0.2, -0.15) is 0 Å². The average molecular weight is 362 g/mol. The second-order valence-electron chi connectivity index (χ2n) is 7.21.